The van der Waals surface area contributed by atoms with E-state index in [1.807, 2.05) is 0 Å². The van der Waals surface area contributed by atoms with Gasteiger partial charge in [0.15, 0.2) is 6.10 Å². The van der Waals surface area contributed by atoms with Crippen LogP contribution in [0.1, 0.15) is 374 Å². The zero-order valence-electron chi connectivity index (χ0n) is 54.8. The van der Waals surface area contributed by atoms with Gasteiger partial charge in [-0.25, -0.2) is 0 Å². The number of rotatable bonds is 66. The minimum atomic E-state index is -0.775. The van der Waals surface area contributed by atoms with Crippen LogP contribution in [0.25, 0.3) is 0 Å². The molecule has 0 N–H and O–H groups in total. The fraction of sp³-hybridized carbons (Fsp3) is 0.803. The van der Waals surface area contributed by atoms with Crippen molar-refractivity contribution >= 4 is 17.9 Å². The van der Waals surface area contributed by atoms with Crippen LogP contribution in [0.5, 0.6) is 0 Å². The zero-order valence-corrected chi connectivity index (χ0v) is 54.8. The summed E-state index contributed by atoms with van der Waals surface area (Å²) in [6.07, 6.45) is 92.1. The topological polar surface area (TPSA) is 78.9 Å². The number of carbonyl (C=O) groups excluding carboxylic acids is 3. The standard InChI is InChI=1S/C76H136O6/c1-4-7-10-13-16-19-22-25-28-30-32-34-35-36-37-38-39-40-41-43-44-46-48-51-54-57-60-63-66-69-75(78)81-72-73(71-80-74(77)68-65-62-59-56-53-50-27-24-21-18-15-12-9-6-3)82-76(79)70-67-64-61-58-55-52-49-47-45-42-33-31-29-26-23-20-17-14-11-8-5-2/h7,10,16,19,25,28,32,34,36-37,39-40,73H,4-6,8-9,11-15,17-18,20-24,26-27,29-31,33,35,38,41-72H2,1-3H3/b10-7-,19-16-,28-25-,34-32-,37-36-,40-39-. The van der Waals surface area contributed by atoms with Crippen LogP contribution < -0.4 is 0 Å². The Labute approximate surface area is 510 Å². The van der Waals surface area contributed by atoms with E-state index in [4.69, 9.17) is 14.2 Å². The van der Waals surface area contributed by atoms with Crippen molar-refractivity contribution < 1.29 is 28.6 Å². The Kier molecular flexibility index (Phi) is 67.6. The van der Waals surface area contributed by atoms with Gasteiger partial charge in [-0.3, -0.25) is 14.4 Å². The largest absolute Gasteiger partial charge is 0.462 e. The van der Waals surface area contributed by atoms with E-state index >= 15 is 0 Å². The third-order valence-corrected chi connectivity index (χ3v) is 16.0. The maximum Gasteiger partial charge on any atom is 0.306 e. The average Bonchev–Trinajstić information content (AvgIpc) is 3.47. The molecule has 0 saturated heterocycles. The summed E-state index contributed by atoms with van der Waals surface area (Å²) >= 11 is 0. The van der Waals surface area contributed by atoms with Gasteiger partial charge < -0.3 is 14.2 Å². The van der Waals surface area contributed by atoms with Crippen LogP contribution in [0.15, 0.2) is 72.9 Å². The Morgan fingerprint density at radius 2 is 0.476 bits per heavy atom. The third-order valence-electron chi connectivity index (χ3n) is 16.0. The predicted molar refractivity (Wildman–Crippen MR) is 358 cm³/mol. The van der Waals surface area contributed by atoms with E-state index in [9.17, 15) is 14.4 Å². The quantitative estimate of drug-likeness (QED) is 0.0261. The van der Waals surface area contributed by atoms with Gasteiger partial charge in [-0.1, -0.05) is 357 Å². The Bertz CT molecular complexity index is 1500. The first-order valence-electron chi connectivity index (χ1n) is 35.9. The molecule has 0 aromatic heterocycles. The molecule has 0 rings (SSSR count). The van der Waals surface area contributed by atoms with E-state index in [1.54, 1.807) is 0 Å². The van der Waals surface area contributed by atoms with E-state index in [-0.39, 0.29) is 31.1 Å². The molecule has 476 valence electrons. The number of ether oxygens (including phenoxy) is 3. The van der Waals surface area contributed by atoms with Gasteiger partial charge in [-0.15, -0.1) is 0 Å². The molecule has 0 heterocycles. The molecular formula is C76H136O6. The summed E-state index contributed by atoms with van der Waals surface area (Å²) in [6, 6.07) is 0. The fourth-order valence-electron chi connectivity index (χ4n) is 10.6. The highest BCUT2D eigenvalue weighted by Gasteiger charge is 2.19. The number of allylic oxidation sites excluding steroid dienone is 12. The van der Waals surface area contributed by atoms with Crippen LogP contribution in [0.4, 0.5) is 0 Å². The lowest BCUT2D eigenvalue weighted by Gasteiger charge is -2.18. The molecule has 0 aromatic rings. The number of carbonyl (C=O) groups is 3. The Balaban J connectivity index is 4.27. The number of esters is 3. The van der Waals surface area contributed by atoms with E-state index in [0.717, 1.165) is 96.3 Å². The molecule has 0 aliphatic heterocycles. The van der Waals surface area contributed by atoms with Crippen molar-refractivity contribution in [2.45, 2.75) is 380 Å². The molecule has 0 radical (unpaired) electrons. The Morgan fingerprint density at radius 1 is 0.256 bits per heavy atom. The molecular weight excluding hydrogens is 1010 g/mol. The summed E-state index contributed by atoms with van der Waals surface area (Å²) in [6.45, 7) is 6.59. The van der Waals surface area contributed by atoms with Crippen molar-refractivity contribution in [1.82, 2.24) is 0 Å². The maximum absolute atomic E-state index is 13.0. The summed E-state index contributed by atoms with van der Waals surface area (Å²) in [5.41, 5.74) is 0. The van der Waals surface area contributed by atoms with Gasteiger partial charge in [0, 0.05) is 19.3 Å². The number of hydrogen-bond donors (Lipinski definition) is 0. The molecule has 0 fully saturated rings. The first-order chi connectivity index (χ1) is 40.5. The van der Waals surface area contributed by atoms with Crippen LogP contribution in [-0.4, -0.2) is 37.2 Å². The molecule has 0 spiro atoms. The van der Waals surface area contributed by atoms with Crippen LogP contribution >= 0.6 is 0 Å². The van der Waals surface area contributed by atoms with Crippen molar-refractivity contribution in [2.75, 3.05) is 13.2 Å². The van der Waals surface area contributed by atoms with E-state index in [0.29, 0.717) is 19.3 Å². The van der Waals surface area contributed by atoms with E-state index in [1.165, 1.54) is 238 Å². The zero-order chi connectivity index (χ0) is 59.2. The molecule has 0 aromatic carbocycles. The van der Waals surface area contributed by atoms with Crippen LogP contribution in [-0.2, 0) is 28.6 Å². The van der Waals surface area contributed by atoms with Crippen molar-refractivity contribution in [1.29, 1.82) is 0 Å². The van der Waals surface area contributed by atoms with Crippen LogP contribution in [0.3, 0.4) is 0 Å². The van der Waals surface area contributed by atoms with Crippen molar-refractivity contribution in [3.05, 3.63) is 72.9 Å². The predicted octanol–water partition coefficient (Wildman–Crippen LogP) is 24.8. The molecule has 6 nitrogen and oxygen atoms in total. The molecule has 1 unspecified atom stereocenters. The second-order valence-corrected chi connectivity index (χ2v) is 24.1. The highest BCUT2D eigenvalue weighted by Crippen LogP contribution is 2.18. The summed E-state index contributed by atoms with van der Waals surface area (Å²) in [7, 11) is 0. The van der Waals surface area contributed by atoms with Gasteiger partial charge in [0.25, 0.3) is 0 Å². The second-order valence-electron chi connectivity index (χ2n) is 24.1. The molecule has 0 aliphatic carbocycles. The van der Waals surface area contributed by atoms with Gasteiger partial charge >= 0.3 is 17.9 Å². The van der Waals surface area contributed by atoms with Crippen molar-refractivity contribution in [2.24, 2.45) is 0 Å². The first-order valence-corrected chi connectivity index (χ1v) is 35.9. The first kappa shape index (κ1) is 78.8. The van der Waals surface area contributed by atoms with E-state index in [2.05, 4.69) is 93.7 Å². The summed E-state index contributed by atoms with van der Waals surface area (Å²) in [5, 5.41) is 0. The SMILES string of the molecule is CC/C=C\C/C=C\C/C=C\C/C=C\C/C=C\C/C=C\CCCCCCCCCCCCC(=O)OCC(COC(=O)CCCCCCCCCCCCCCCC)OC(=O)CCCCCCCCCCCCCCCCCCCCCCC. The third kappa shape index (κ3) is 67.6. The average molecular weight is 1150 g/mol. The summed E-state index contributed by atoms with van der Waals surface area (Å²) in [5.74, 6) is -0.849. The van der Waals surface area contributed by atoms with Crippen molar-refractivity contribution in [3.63, 3.8) is 0 Å². The number of hydrogen-bond acceptors (Lipinski definition) is 6. The van der Waals surface area contributed by atoms with Gasteiger partial charge in [-0.05, 0) is 70.6 Å². The lowest BCUT2D eigenvalue weighted by Crippen LogP contribution is -2.30. The van der Waals surface area contributed by atoms with Crippen molar-refractivity contribution in [3.8, 4) is 0 Å². The lowest BCUT2D eigenvalue weighted by atomic mass is 10.0. The minimum Gasteiger partial charge on any atom is -0.462 e. The summed E-state index contributed by atoms with van der Waals surface area (Å²) in [4.78, 5) is 38.5. The van der Waals surface area contributed by atoms with Crippen LogP contribution in [0.2, 0.25) is 0 Å². The van der Waals surface area contributed by atoms with Gasteiger partial charge in [-0.2, -0.15) is 0 Å². The second kappa shape index (κ2) is 70.3. The molecule has 0 aliphatic rings. The van der Waals surface area contributed by atoms with Gasteiger partial charge in [0.1, 0.15) is 13.2 Å². The fourth-order valence-corrected chi connectivity index (χ4v) is 10.6. The molecule has 6 heteroatoms. The molecule has 0 bridgehead atoms. The molecule has 1 atom stereocenters. The van der Waals surface area contributed by atoms with Gasteiger partial charge in [0.2, 0.25) is 0 Å². The lowest BCUT2D eigenvalue weighted by molar-refractivity contribution is -0.167. The summed E-state index contributed by atoms with van der Waals surface area (Å²) < 4.78 is 17.0. The Hall–Kier alpha value is -3.15. The highest BCUT2D eigenvalue weighted by atomic mass is 16.6. The Morgan fingerprint density at radius 3 is 0.744 bits per heavy atom. The normalized spacial score (nSPS) is 12.5. The molecule has 82 heavy (non-hydrogen) atoms. The molecule has 0 saturated carbocycles. The van der Waals surface area contributed by atoms with Crippen LogP contribution in [0, 0.1) is 0 Å². The van der Waals surface area contributed by atoms with Gasteiger partial charge in [0.05, 0.1) is 0 Å². The van der Waals surface area contributed by atoms with E-state index < -0.39 is 6.10 Å². The minimum absolute atomic E-state index is 0.0702. The monoisotopic (exact) mass is 1150 g/mol. The number of unbranched alkanes of at least 4 members (excludes halogenated alkanes) is 43. The smallest absolute Gasteiger partial charge is 0.306 e. The maximum atomic E-state index is 13.0. The molecule has 0 amide bonds. The highest BCUT2D eigenvalue weighted by molar-refractivity contribution is 5.71.